The highest BCUT2D eigenvalue weighted by molar-refractivity contribution is 7.20. The maximum absolute atomic E-state index is 12.2. The molecule has 0 bridgehead atoms. The Labute approximate surface area is 229 Å². The van der Waals surface area contributed by atoms with Crippen molar-refractivity contribution in [3.63, 3.8) is 0 Å². The summed E-state index contributed by atoms with van der Waals surface area (Å²) in [6.07, 6.45) is 4.74. The van der Waals surface area contributed by atoms with E-state index in [1.54, 1.807) is 44.8 Å². The average molecular weight is 540 g/mol. The molecule has 1 N–H and O–H groups in total. The number of carbonyl (C=O) groups is 1. The number of carboxylic acids is 1. The minimum absolute atomic E-state index is 0.123. The second kappa shape index (κ2) is 11.7. The summed E-state index contributed by atoms with van der Waals surface area (Å²) in [7, 11) is 3.14. The van der Waals surface area contributed by atoms with Crippen molar-refractivity contribution in [3.05, 3.63) is 107 Å². The molecule has 7 nitrogen and oxygen atoms in total. The second-order valence-corrected chi connectivity index (χ2v) is 9.53. The number of benzene rings is 3. The van der Waals surface area contributed by atoms with Crippen LogP contribution in [-0.4, -0.2) is 30.3 Å². The van der Waals surface area contributed by atoms with Crippen molar-refractivity contribution in [2.75, 3.05) is 14.2 Å². The van der Waals surface area contributed by atoms with Gasteiger partial charge in [0.1, 0.15) is 18.1 Å². The van der Waals surface area contributed by atoms with Gasteiger partial charge in [-0.3, -0.25) is 4.98 Å². The van der Waals surface area contributed by atoms with Crippen molar-refractivity contribution in [2.24, 2.45) is 0 Å². The van der Waals surface area contributed by atoms with Crippen LogP contribution in [0.15, 0.2) is 91.3 Å². The molecule has 2 aromatic heterocycles. The maximum Gasteiger partial charge on any atom is 0.336 e. The van der Waals surface area contributed by atoms with Crippen LogP contribution in [0.2, 0.25) is 0 Å². The lowest BCUT2D eigenvalue weighted by molar-refractivity contribution is -0.130. The van der Waals surface area contributed by atoms with Gasteiger partial charge in [-0.15, -0.1) is 11.3 Å². The van der Waals surface area contributed by atoms with Crippen LogP contribution in [0.1, 0.15) is 16.0 Å². The summed E-state index contributed by atoms with van der Waals surface area (Å²) >= 11 is 1.40. The Kier molecular flexibility index (Phi) is 7.75. The van der Waals surface area contributed by atoms with Gasteiger partial charge < -0.3 is 24.1 Å². The highest BCUT2D eigenvalue weighted by Gasteiger charge is 2.20. The van der Waals surface area contributed by atoms with Gasteiger partial charge in [-0.05, 0) is 59.7 Å². The zero-order valence-corrected chi connectivity index (χ0v) is 22.1. The normalized spacial score (nSPS) is 11.3. The summed E-state index contributed by atoms with van der Waals surface area (Å²) in [6, 6.07) is 24.3. The molecule has 3 aromatic carbocycles. The van der Waals surface area contributed by atoms with E-state index in [-0.39, 0.29) is 5.57 Å². The van der Waals surface area contributed by atoms with Gasteiger partial charge in [0.25, 0.3) is 0 Å². The van der Waals surface area contributed by atoms with Gasteiger partial charge in [0.2, 0.25) is 0 Å². The summed E-state index contributed by atoms with van der Waals surface area (Å²) in [6.45, 7) is 0.458. The van der Waals surface area contributed by atoms with Gasteiger partial charge in [-0.25, -0.2) is 4.79 Å². The molecule has 0 aliphatic heterocycles. The molecule has 196 valence electrons. The largest absolute Gasteiger partial charge is 0.493 e. The Morgan fingerprint density at radius 1 is 0.897 bits per heavy atom. The number of rotatable bonds is 10. The number of methoxy groups -OCH3 is 2. The number of hydrogen-bond donors (Lipinski definition) is 1. The van der Waals surface area contributed by atoms with Crippen molar-refractivity contribution in [1.29, 1.82) is 0 Å². The number of nitrogens with zero attached hydrogens (tertiary/aromatic N) is 1. The Hall–Kier alpha value is -4.82. The number of pyridine rings is 1. The summed E-state index contributed by atoms with van der Waals surface area (Å²) in [5.41, 5.74) is 1.74. The summed E-state index contributed by atoms with van der Waals surface area (Å²) < 4.78 is 24.1. The van der Waals surface area contributed by atoms with Crippen LogP contribution < -0.4 is 18.9 Å². The summed E-state index contributed by atoms with van der Waals surface area (Å²) in [5.74, 6) is 1.86. The molecule has 0 spiro atoms. The molecule has 8 heteroatoms. The predicted molar refractivity (Wildman–Crippen MR) is 152 cm³/mol. The zero-order chi connectivity index (χ0) is 27.2. The summed E-state index contributed by atoms with van der Waals surface area (Å²) in [4.78, 5) is 16.8. The lowest BCUT2D eigenvalue weighted by Crippen LogP contribution is -1.99. The smallest absolute Gasteiger partial charge is 0.336 e. The number of hydrogen-bond acceptors (Lipinski definition) is 7. The maximum atomic E-state index is 12.2. The van der Waals surface area contributed by atoms with Crippen molar-refractivity contribution >= 4 is 39.0 Å². The van der Waals surface area contributed by atoms with Crippen molar-refractivity contribution < 1.29 is 28.8 Å². The lowest BCUT2D eigenvalue weighted by atomic mass is 10.1. The quantitative estimate of drug-likeness (QED) is 0.186. The van der Waals surface area contributed by atoms with Crippen molar-refractivity contribution in [3.8, 4) is 28.7 Å². The van der Waals surface area contributed by atoms with Crippen LogP contribution in [0.4, 0.5) is 0 Å². The van der Waals surface area contributed by atoms with Gasteiger partial charge in [0.05, 0.1) is 24.7 Å². The van der Waals surface area contributed by atoms with E-state index in [2.05, 4.69) is 4.98 Å². The van der Waals surface area contributed by atoms with Crippen LogP contribution in [0, 0.1) is 0 Å². The molecule has 0 fully saturated rings. The van der Waals surface area contributed by atoms with E-state index < -0.39 is 5.97 Å². The molecule has 0 amide bonds. The molecular weight excluding hydrogens is 514 g/mol. The first-order valence-corrected chi connectivity index (χ1v) is 12.9. The van der Waals surface area contributed by atoms with E-state index in [1.165, 1.54) is 11.3 Å². The Morgan fingerprint density at radius 3 is 2.23 bits per heavy atom. The van der Waals surface area contributed by atoms with Gasteiger partial charge >= 0.3 is 5.97 Å². The third-order valence-corrected chi connectivity index (χ3v) is 7.04. The Balaban J connectivity index is 1.52. The second-order valence-electron chi connectivity index (χ2n) is 8.45. The number of aliphatic carboxylic acids is 1. The van der Waals surface area contributed by atoms with Crippen LogP contribution >= 0.6 is 11.3 Å². The third kappa shape index (κ3) is 5.86. The van der Waals surface area contributed by atoms with E-state index in [4.69, 9.17) is 18.9 Å². The average Bonchev–Trinajstić information content (AvgIpc) is 3.31. The Bertz CT molecular complexity index is 1610. The molecule has 0 saturated heterocycles. The molecule has 5 aromatic rings. The van der Waals surface area contributed by atoms with E-state index in [1.807, 2.05) is 66.7 Å². The van der Waals surface area contributed by atoms with Gasteiger partial charge in [0.15, 0.2) is 17.2 Å². The SMILES string of the molecule is COc1cc2sc(C=C(C(=O)O)c3ccncc3)c(Oc3ccc(OCc4ccccc4)cc3)c2cc1OC. The number of ether oxygens (including phenoxy) is 4. The van der Waals surface area contributed by atoms with E-state index >= 15 is 0 Å². The molecule has 5 rings (SSSR count). The Morgan fingerprint density at radius 2 is 1.56 bits per heavy atom. The predicted octanol–water partition coefficient (Wildman–Crippen LogP) is 7.31. The van der Waals surface area contributed by atoms with Crippen LogP contribution in [0.5, 0.6) is 28.7 Å². The fourth-order valence-corrected chi connectivity index (χ4v) is 5.10. The molecule has 0 aliphatic carbocycles. The standard InChI is InChI=1S/C31H25NO6S/c1-35-26-16-25-28(18-27(26)36-2)39-29(17-24(31(33)34)21-12-14-32-15-13-21)30(25)38-23-10-8-22(9-11-23)37-19-20-6-4-3-5-7-20/h3-18H,19H2,1-2H3,(H,33,34). The highest BCUT2D eigenvalue weighted by atomic mass is 32.1. The first-order chi connectivity index (χ1) is 19.1. The van der Waals surface area contributed by atoms with Gasteiger partial charge in [-0.2, -0.15) is 0 Å². The van der Waals surface area contributed by atoms with Gasteiger partial charge in [-0.1, -0.05) is 30.3 Å². The van der Waals surface area contributed by atoms with Crippen molar-refractivity contribution in [1.82, 2.24) is 4.98 Å². The molecule has 0 unspecified atom stereocenters. The molecule has 39 heavy (non-hydrogen) atoms. The minimum atomic E-state index is -1.06. The minimum Gasteiger partial charge on any atom is -0.493 e. The molecule has 0 saturated carbocycles. The monoisotopic (exact) mass is 539 g/mol. The fourth-order valence-electron chi connectivity index (χ4n) is 4.01. The number of carboxylic acid groups (broad SMARTS) is 1. The first-order valence-electron chi connectivity index (χ1n) is 12.0. The first kappa shape index (κ1) is 25.8. The van der Waals surface area contributed by atoms with Gasteiger partial charge in [0, 0.05) is 28.5 Å². The van der Waals surface area contributed by atoms with Crippen molar-refractivity contribution in [2.45, 2.75) is 6.61 Å². The van der Waals surface area contributed by atoms with Crippen LogP contribution in [0.3, 0.4) is 0 Å². The van der Waals surface area contributed by atoms with Crippen LogP contribution in [0.25, 0.3) is 21.7 Å². The zero-order valence-electron chi connectivity index (χ0n) is 21.3. The van der Waals surface area contributed by atoms with E-state index in [0.717, 1.165) is 15.6 Å². The number of thiophene rings is 1. The molecule has 0 radical (unpaired) electrons. The van der Waals surface area contributed by atoms with Crippen LogP contribution in [-0.2, 0) is 11.4 Å². The molecule has 0 aliphatic rings. The molecule has 2 heterocycles. The fraction of sp³-hybridized carbons (Fsp3) is 0.0968. The number of aromatic nitrogens is 1. The molecular formula is C31H25NO6S. The topological polar surface area (TPSA) is 87.1 Å². The highest BCUT2D eigenvalue weighted by Crippen LogP contribution is 2.46. The van der Waals surface area contributed by atoms with E-state index in [0.29, 0.717) is 45.8 Å². The van der Waals surface area contributed by atoms with E-state index in [9.17, 15) is 9.90 Å². The number of fused-ring (bicyclic) bond motifs is 1. The molecule has 0 atom stereocenters. The summed E-state index contributed by atoms with van der Waals surface area (Å²) in [5, 5.41) is 10.8. The third-order valence-electron chi connectivity index (χ3n) is 5.96. The lowest BCUT2D eigenvalue weighted by Gasteiger charge is -2.11.